The Kier molecular flexibility index (Phi) is 4.29. The van der Waals surface area contributed by atoms with Crippen LogP contribution in [0.2, 0.25) is 0 Å². The Labute approximate surface area is 105 Å². The first-order valence-corrected chi connectivity index (χ1v) is 5.88. The van der Waals surface area contributed by atoms with Gasteiger partial charge in [0.05, 0.1) is 26.0 Å². The number of hydrogen-bond acceptors (Lipinski definition) is 5. The molecule has 1 aromatic heterocycles. The molecule has 1 aliphatic heterocycles. The average Bonchev–Trinajstić information content (AvgIpc) is 2.77. The van der Waals surface area contributed by atoms with Gasteiger partial charge in [-0.05, 0) is 0 Å². The highest BCUT2D eigenvalue weighted by Gasteiger charge is 2.26. The molecule has 1 fully saturated rings. The first kappa shape index (κ1) is 13.0. The van der Waals surface area contributed by atoms with Gasteiger partial charge in [-0.2, -0.15) is 5.10 Å². The molecule has 7 heteroatoms. The van der Waals surface area contributed by atoms with Crippen LogP contribution in [-0.2, 0) is 22.6 Å². The molecule has 2 rings (SSSR count). The molecule has 2 heterocycles. The van der Waals surface area contributed by atoms with Crippen molar-refractivity contribution in [3.63, 3.8) is 0 Å². The van der Waals surface area contributed by atoms with Crippen LogP contribution in [0.25, 0.3) is 0 Å². The predicted octanol–water partition coefficient (Wildman–Crippen LogP) is -0.839. The predicted molar refractivity (Wildman–Crippen MR) is 62.0 cm³/mol. The van der Waals surface area contributed by atoms with Crippen LogP contribution in [0.15, 0.2) is 12.4 Å². The number of hydrogen-bond donors (Lipinski definition) is 2. The average molecular weight is 255 g/mol. The number of aliphatic carboxylic acids is 1. The summed E-state index contributed by atoms with van der Waals surface area (Å²) in [6, 6.07) is 0. The Bertz CT molecular complexity index is 407. The number of aliphatic hydroxyl groups is 1. The molecule has 100 valence electrons. The van der Waals surface area contributed by atoms with Crippen molar-refractivity contribution in [2.45, 2.75) is 19.2 Å². The van der Waals surface area contributed by atoms with E-state index < -0.39 is 12.1 Å². The van der Waals surface area contributed by atoms with Gasteiger partial charge in [-0.1, -0.05) is 0 Å². The first-order valence-electron chi connectivity index (χ1n) is 5.88. The molecule has 2 N–H and O–H groups in total. The fourth-order valence-corrected chi connectivity index (χ4v) is 1.97. The molecule has 0 amide bonds. The van der Waals surface area contributed by atoms with Crippen molar-refractivity contribution in [2.24, 2.45) is 0 Å². The molecular formula is C11H17N3O4. The van der Waals surface area contributed by atoms with Gasteiger partial charge in [-0.3, -0.25) is 9.58 Å². The lowest BCUT2D eigenvalue weighted by molar-refractivity contribution is -0.156. The maximum Gasteiger partial charge on any atom is 0.334 e. The number of rotatable bonds is 5. The second-order valence-electron chi connectivity index (χ2n) is 4.27. The summed E-state index contributed by atoms with van der Waals surface area (Å²) in [5.41, 5.74) is 1.01. The topological polar surface area (TPSA) is 87.8 Å². The second kappa shape index (κ2) is 5.94. The van der Waals surface area contributed by atoms with E-state index in [1.165, 1.54) is 0 Å². The number of ether oxygens (including phenoxy) is 1. The Morgan fingerprint density at radius 2 is 2.44 bits per heavy atom. The van der Waals surface area contributed by atoms with E-state index in [2.05, 4.69) is 5.10 Å². The summed E-state index contributed by atoms with van der Waals surface area (Å²) in [4.78, 5) is 12.9. The van der Waals surface area contributed by atoms with E-state index in [-0.39, 0.29) is 6.61 Å². The molecule has 0 bridgehead atoms. The summed E-state index contributed by atoms with van der Waals surface area (Å²) in [5, 5.41) is 21.8. The first-order chi connectivity index (χ1) is 8.69. The summed E-state index contributed by atoms with van der Waals surface area (Å²) in [6.07, 6.45) is 2.86. The summed E-state index contributed by atoms with van der Waals surface area (Å²) < 4.78 is 6.83. The van der Waals surface area contributed by atoms with E-state index in [0.717, 1.165) is 12.1 Å². The van der Waals surface area contributed by atoms with Crippen LogP contribution in [0.4, 0.5) is 0 Å². The molecular weight excluding hydrogens is 238 g/mol. The van der Waals surface area contributed by atoms with Gasteiger partial charge < -0.3 is 14.9 Å². The summed E-state index contributed by atoms with van der Waals surface area (Å²) in [6.45, 7) is 2.72. The smallest absolute Gasteiger partial charge is 0.334 e. The lowest BCUT2D eigenvalue weighted by Crippen LogP contribution is -2.45. The SMILES string of the molecule is O=C(O)C1CN(Cc2cnn(CCO)c2)CCO1. The lowest BCUT2D eigenvalue weighted by Gasteiger charge is -2.30. The molecule has 18 heavy (non-hydrogen) atoms. The van der Waals surface area contributed by atoms with Gasteiger partial charge in [0, 0.05) is 31.4 Å². The Balaban J connectivity index is 1.89. The van der Waals surface area contributed by atoms with Crippen LogP contribution in [0, 0.1) is 0 Å². The second-order valence-corrected chi connectivity index (χ2v) is 4.27. The molecule has 0 aromatic carbocycles. The molecule has 1 saturated heterocycles. The quantitative estimate of drug-likeness (QED) is 0.713. The highest BCUT2D eigenvalue weighted by molar-refractivity contribution is 5.72. The van der Waals surface area contributed by atoms with Crippen LogP contribution < -0.4 is 0 Å². The molecule has 1 atom stereocenters. The Morgan fingerprint density at radius 3 is 3.17 bits per heavy atom. The fourth-order valence-electron chi connectivity index (χ4n) is 1.97. The highest BCUT2D eigenvalue weighted by atomic mass is 16.5. The summed E-state index contributed by atoms with van der Waals surface area (Å²) >= 11 is 0. The zero-order valence-corrected chi connectivity index (χ0v) is 10.0. The van der Waals surface area contributed by atoms with Crippen molar-refractivity contribution < 1.29 is 19.7 Å². The number of aliphatic hydroxyl groups excluding tert-OH is 1. The third kappa shape index (κ3) is 3.28. The molecule has 0 spiro atoms. The van der Waals surface area contributed by atoms with Crippen molar-refractivity contribution in [3.05, 3.63) is 18.0 Å². The molecule has 7 nitrogen and oxygen atoms in total. The van der Waals surface area contributed by atoms with Gasteiger partial charge in [-0.25, -0.2) is 4.79 Å². The Hall–Kier alpha value is -1.44. The van der Waals surface area contributed by atoms with E-state index in [1.54, 1.807) is 10.9 Å². The normalized spacial score (nSPS) is 21.1. The zero-order chi connectivity index (χ0) is 13.0. The van der Waals surface area contributed by atoms with E-state index in [1.807, 2.05) is 11.1 Å². The number of carbonyl (C=O) groups is 1. The minimum Gasteiger partial charge on any atom is -0.479 e. The van der Waals surface area contributed by atoms with E-state index in [9.17, 15) is 4.79 Å². The van der Waals surface area contributed by atoms with Gasteiger partial charge in [0.15, 0.2) is 6.10 Å². The standard InChI is InChI=1S/C11H17N3O4/c15-3-1-14-7-9(5-12-14)6-13-2-4-18-10(8-13)11(16)17/h5,7,10,15H,1-4,6,8H2,(H,16,17). The van der Waals surface area contributed by atoms with Crippen molar-refractivity contribution in [1.29, 1.82) is 0 Å². The monoisotopic (exact) mass is 255 g/mol. The van der Waals surface area contributed by atoms with Crippen molar-refractivity contribution in [1.82, 2.24) is 14.7 Å². The van der Waals surface area contributed by atoms with Gasteiger partial charge in [-0.15, -0.1) is 0 Å². The third-order valence-electron chi connectivity index (χ3n) is 2.85. The third-order valence-corrected chi connectivity index (χ3v) is 2.85. The fraction of sp³-hybridized carbons (Fsp3) is 0.636. The Morgan fingerprint density at radius 1 is 1.61 bits per heavy atom. The van der Waals surface area contributed by atoms with Crippen molar-refractivity contribution >= 4 is 5.97 Å². The van der Waals surface area contributed by atoms with Crippen molar-refractivity contribution in [2.75, 3.05) is 26.3 Å². The highest BCUT2D eigenvalue weighted by Crippen LogP contribution is 2.10. The molecule has 0 radical (unpaired) electrons. The largest absolute Gasteiger partial charge is 0.479 e. The maximum atomic E-state index is 10.8. The van der Waals surface area contributed by atoms with Gasteiger partial charge in [0.2, 0.25) is 0 Å². The number of morpholine rings is 1. The number of carboxylic acid groups (broad SMARTS) is 1. The molecule has 1 aromatic rings. The zero-order valence-electron chi connectivity index (χ0n) is 10.0. The minimum atomic E-state index is -0.921. The van der Waals surface area contributed by atoms with Crippen molar-refractivity contribution in [3.8, 4) is 0 Å². The van der Waals surface area contributed by atoms with Crippen LogP contribution in [0.3, 0.4) is 0 Å². The van der Waals surface area contributed by atoms with E-state index in [4.69, 9.17) is 14.9 Å². The maximum absolute atomic E-state index is 10.8. The molecule has 0 saturated carbocycles. The summed E-state index contributed by atoms with van der Waals surface area (Å²) in [5.74, 6) is -0.921. The molecule has 0 aliphatic carbocycles. The van der Waals surface area contributed by atoms with Gasteiger partial charge in [0.25, 0.3) is 0 Å². The van der Waals surface area contributed by atoms with Gasteiger partial charge >= 0.3 is 5.97 Å². The van der Waals surface area contributed by atoms with Crippen LogP contribution in [0.5, 0.6) is 0 Å². The minimum absolute atomic E-state index is 0.0553. The van der Waals surface area contributed by atoms with Crippen LogP contribution in [-0.4, -0.2) is 63.3 Å². The number of nitrogens with zero attached hydrogens (tertiary/aromatic N) is 3. The van der Waals surface area contributed by atoms with Crippen LogP contribution in [0.1, 0.15) is 5.56 Å². The van der Waals surface area contributed by atoms with E-state index >= 15 is 0 Å². The summed E-state index contributed by atoms with van der Waals surface area (Å²) in [7, 11) is 0. The number of aromatic nitrogens is 2. The number of carboxylic acids is 1. The molecule has 1 unspecified atom stereocenters. The lowest BCUT2D eigenvalue weighted by atomic mass is 10.2. The van der Waals surface area contributed by atoms with E-state index in [0.29, 0.717) is 26.2 Å². The molecule has 1 aliphatic rings. The van der Waals surface area contributed by atoms with Gasteiger partial charge in [0.1, 0.15) is 0 Å². The van der Waals surface area contributed by atoms with Crippen LogP contribution >= 0.6 is 0 Å².